The lowest BCUT2D eigenvalue weighted by molar-refractivity contribution is -0.120. The van der Waals surface area contributed by atoms with E-state index in [1.165, 1.54) is 0 Å². The lowest BCUT2D eigenvalue weighted by Crippen LogP contribution is -2.27. The van der Waals surface area contributed by atoms with Crippen LogP contribution in [0.1, 0.15) is 32.3 Å². The fourth-order valence-electron chi connectivity index (χ4n) is 2.41. The lowest BCUT2D eigenvalue weighted by Gasteiger charge is -2.21. The fourth-order valence-corrected chi connectivity index (χ4v) is 2.58. The van der Waals surface area contributed by atoms with Gasteiger partial charge in [-0.15, -0.1) is 0 Å². The molecule has 22 heavy (non-hydrogen) atoms. The van der Waals surface area contributed by atoms with Crippen LogP contribution >= 0.6 is 11.6 Å². The number of carbonyl (C=O) groups is 1. The summed E-state index contributed by atoms with van der Waals surface area (Å²) in [6, 6.07) is 5.61. The molecular formula is C17H23ClN2O2. The molecule has 0 spiro atoms. The van der Waals surface area contributed by atoms with Gasteiger partial charge in [-0.3, -0.25) is 4.79 Å². The smallest absolute Gasteiger partial charge is 0.224 e. The van der Waals surface area contributed by atoms with Gasteiger partial charge in [0.2, 0.25) is 5.91 Å². The number of aliphatic hydroxyl groups excluding tert-OH is 1. The first-order chi connectivity index (χ1) is 10.4. The van der Waals surface area contributed by atoms with Gasteiger partial charge in [0.05, 0.1) is 6.42 Å². The van der Waals surface area contributed by atoms with Gasteiger partial charge in [0.1, 0.15) is 0 Å². The molecule has 2 rings (SSSR count). The van der Waals surface area contributed by atoms with Crippen LogP contribution in [0.3, 0.4) is 0 Å². The Morgan fingerprint density at radius 2 is 2.18 bits per heavy atom. The summed E-state index contributed by atoms with van der Waals surface area (Å²) in [6.07, 6.45) is 3.94. The predicted molar refractivity (Wildman–Crippen MR) is 90.1 cm³/mol. The van der Waals surface area contributed by atoms with Crippen molar-refractivity contribution in [2.75, 3.05) is 13.2 Å². The predicted octanol–water partition coefficient (Wildman–Crippen LogP) is 3.28. The Kier molecular flexibility index (Phi) is 5.48. The van der Waals surface area contributed by atoms with Crippen molar-refractivity contribution in [2.45, 2.75) is 33.1 Å². The summed E-state index contributed by atoms with van der Waals surface area (Å²) in [5, 5.41) is 13.8. The first kappa shape index (κ1) is 16.8. The maximum Gasteiger partial charge on any atom is 0.224 e. The van der Waals surface area contributed by atoms with Gasteiger partial charge in [0.15, 0.2) is 0 Å². The maximum absolute atomic E-state index is 12.0. The third-order valence-electron chi connectivity index (χ3n) is 3.86. The van der Waals surface area contributed by atoms with Crippen molar-refractivity contribution in [3.05, 3.63) is 35.0 Å². The highest BCUT2D eigenvalue weighted by molar-refractivity contribution is 6.31. The average Bonchev–Trinajstić information content (AvgIpc) is 2.86. The number of aromatic amines is 1. The van der Waals surface area contributed by atoms with Gasteiger partial charge in [-0.2, -0.15) is 0 Å². The van der Waals surface area contributed by atoms with E-state index in [1.807, 2.05) is 38.2 Å². The zero-order valence-corrected chi connectivity index (χ0v) is 13.8. The van der Waals surface area contributed by atoms with Crippen LogP contribution in [0.25, 0.3) is 10.9 Å². The highest BCUT2D eigenvalue weighted by Gasteiger charge is 2.15. The van der Waals surface area contributed by atoms with Gasteiger partial charge in [-0.25, -0.2) is 0 Å². The second-order valence-electron chi connectivity index (χ2n) is 6.46. The van der Waals surface area contributed by atoms with Crippen molar-refractivity contribution >= 4 is 28.4 Å². The van der Waals surface area contributed by atoms with Crippen molar-refractivity contribution in [1.29, 1.82) is 0 Å². The summed E-state index contributed by atoms with van der Waals surface area (Å²) in [5.74, 6) is 0.00248. The molecule has 0 unspecified atom stereocenters. The van der Waals surface area contributed by atoms with Gasteiger partial charge >= 0.3 is 0 Å². The molecule has 2 aromatic rings. The van der Waals surface area contributed by atoms with E-state index >= 15 is 0 Å². The van der Waals surface area contributed by atoms with E-state index in [0.717, 1.165) is 29.3 Å². The van der Waals surface area contributed by atoms with Crippen molar-refractivity contribution in [1.82, 2.24) is 10.3 Å². The molecule has 3 N–H and O–H groups in total. The number of benzene rings is 1. The zero-order valence-electron chi connectivity index (χ0n) is 13.1. The number of hydrogen-bond donors (Lipinski definition) is 3. The van der Waals surface area contributed by atoms with Crippen LogP contribution in [0.5, 0.6) is 0 Å². The molecule has 0 atom stereocenters. The highest BCUT2D eigenvalue weighted by atomic mass is 35.5. The van der Waals surface area contributed by atoms with E-state index in [4.69, 9.17) is 11.6 Å². The quantitative estimate of drug-likeness (QED) is 0.685. The minimum atomic E-state index is -0.0850. The molecular weight excluding hydrogens is 300 g/mol. The largest absolute Gasteiger partial charge is 0.396 e. The third kappa shape index (κ3) is 4.49. The molecule has 1 aromatic heterocycles. The second kappa shape index (κ2) is 7.16. The monoisotopic (exact) mass is 322 g/mol. The Hall–Kier alpha value is -1.52. The van der Waals surface area contributed by atoms with E-state index in [0.29, 0.717) is 18.0 Å². The van der Waals surface area contributed by atoms with E-state index in [1.54, 1.807) is 0 Å². The van der Waals surface area contributed by atoms with E-state index in [-0.39, 0.29) is 17.9 Å². The molecule has 1 amide bonds. The first-order valence-corrected chi connectivity index (χ1v) is 7.92. The van der Waals surface area contributed by atoms with Crippen LogP contribution in [0.2, 0.25) is 5.02 Å². The third-order valence-corrected chi connectivity index (χ3v) is 4.10. The summed E-state index contributed by atoms with van der Waals surface area (Å²) in [4.78, 5) is 15.2. The fraction of sp³-hybridized carbons (Fsp3) is 0.471. The van der Waals surface area contributed by atoms with Crippen LogP contribution in [-0.4, -0.2) is 29.1 Å². The van der Waals surface area contributed by atoms with Crippen LogP contribution < -0.4 is 5.32 Å². The number of aliphatic hydroxyl groups is 1. The molecule has 0 aliphatic rings. The lowest BCUT2D eigenvalue weighted by atomic mass is 9.89. The van der Waals surface area contributed by atoms with Gasteiger partial charge < -0.3 is 15.4 Å². The second-order valence-corrected chi connectivity index (χ2v) is 6.89. The summed E-state index contributed by atoms with van der Waals surface area (Å²) in [6.45, 7) is 4.83. The topological polar surface area (TPSA) is 65.1 Å². The molecule has 0 aliphatic carbocycles. The number of nitrogens with one attached hydrogen (secondary N) is 2. The SMILES string of the molecule is CC(C)(CO)CCCNC(=O)Cc1c[nH]c2ccc(Cl)cc12. The molecule has 120 valence electrons. The van der Waals surface area contributed by atoms with Gasteiger partial charge in [0, 0.05) is 35.3 Å². The Balaban J connectivity index is 1.85. The highest BCUT2D eigenvalue weighted by Crippen LogP contribution is 2.23. The molecule has 0 saturated carbocycles. The van der Waals surface area contributed by atoms with Gasteiger partial charge in [-0.1, -0.05) is 25.4 Å². The number of fused-ring (bicyclic) bond motifs is 1. The number of aromatic nitrogens is 1. The van der Waals surface area contributed by atoms with Crippen LogP contribution in [0.4, 0.5) is 0 Å². The molecule has 0 bridgehead atoms. The number of H-pyrrole nitrogens is 1. The number of rotatable bonds is 7. The molecule has 1 aromatic carbocycles. The van der Waals surface area contributed by atoms with E-state index in [2.05, 4.69) is 10.3 Å². The van der Waals surface area contributed by atoms with Crippen LogP contribution in [0.15, 0.2) is 24.4 Å². The van der Waals surface area contributed by atoms with Gasteiger partial charge in [-0.05, 0) is 42.0 Å². The van der Waals surface area contributed by atoms with Crippen molar-refractivity contribution in [3.63, 3.8) is 0 Å². The molecule has 0 radical (unpaired) electrons. The molecule has 4 nitrogen and oxygen atoms in total. The standard InChI is InChI=1S/C17H23ClN2O2/c1-17(2,11-21)6-3-7-19-16(22)8-12-10-20-15-5-4-13(18)9-14(12)15/h4-5,9-10,20-21H,3,6-8,11H2,1-2H3,(H,19,22). The first-order valence-electron chi connectivity index (χ1n) is 7.54. The minimum Gasteiger partial charge on any atom is -0.396 e. The average molecular weight is 323 g/mol. The van der Waals surface area contributed by atoms with Crippen molar-refractivity contribution in [2.24, 2.45) is 5.41 Å². The maximum atomic E-state index is 12.0. The summed E-state index contributed by atoms with van der Waals surface area (Å²) < 4.78 is 0. The normalized spacial score (nSPS) is 11.8. The van der Waals surface area contributed by atoms with Gasteiger partial charge in [0.25, 0.3) is 0 Å². The van der Waals surface area contributed by atoms with Crippen LogP contribution in [-0.2, 0) is 11.2 Å². The summed E-state index contributed by atoms with van der Waals surface area (Å²) in [5.41, 5.74) is 1.85. The number of amides is 1. The number of carbonyl (C=O) groups excluding carboxylic acids is 1. The molecule has 5 heteroatoms. The van der Waals surface area contributed by atoms with E-state index in [9.17, 15) is 9.90 Å². The number of hydrogen-bond acceptors (Lipinski definition) is 2. The van der Waals surface area contributed by atoms with Crippen LogP contribution in [0, 0.1) is 5.41 Å². The summed E-state index contributed by atoms with van der Waals surface area (Å²) in [7, 11) is 0. The molecule has 0 aliphatic heterocycles. The molecule has 0 saturated heterocycles. The van der Waals surface area contributed by atoms with Crippen molar-refractivity contribution in [3.8, 4) is 0 Å². The number of halogens is 1. The van der Waals surface area contributed by atoms with E-state index < -0.39 is 0 Å². The molecule has 0 fully saturated rings. The zero-order chi connectivity index (χ0) is 16.2. The Bertz CT molecular complexity index is 649. The Morgan fingerprint density at radius 3 is 2.91 bits per heavy atom. The summed E-state index contributed by atoms with van der Waals surface area (Å²) >= 11 is 6.01. The minimum absolute atomic E-state index is 0.00248. The Labute approximate surface area is 135 Å². The molecule has 1 heterocycles. The van der Waals surface area contributed by atoms with Crippen molar-refractivity contribution < 1.29 is 9.90 Å². The Morgan fingerprint density at radius 1 is 1.41 bits per heavy atom.